The number of ether oxygens (including phenoxy) is 1. The highest BCUT2D eigenvalue weighted by atomic mass is 32.2. The van der Waals surface area contributed by atoms with Crippen molar-refractivity contribution in [3.05, 3.63) is 29.6 Å². The second kappa shape index (κ2) is 4.85. The first-order valence-corrected chi connectivity index (χ1v) is 7.61. The van der Waals surface area contributed by atoms with Gasteiger partial charge >= 0.3 is 0 Å². The van der Waals surface area contributed by atoms with E-state index in [-0.39, 0.29) is 29.5 Å². The lowest BCUT2D eigenvalue weighted by atomic mass is 10.1. The van der Waals surface area contributed by atoms with Gasteiger partial charge in [0.1, 0.15) is 17.7 Å². The third-order valence-corrected chi connectivity index (χ3v) is 4.68. The first-order chi connectivity index (χ1) is 8.37. The maximum Gasteiger partial charge on any atom is 0.154 e. The number of hydrogen-bond acceptors (Lipinski definition) is 4. The molecule has 2 atom stereocenters. The zero-order valence-electron chi connectivity index (χ0n) is 10.1. The molecule has 2 unspecified atom stereocenters. The van der Waals surface area contributed by atoms with Gasteiger partial charge in [-0.1, -0.05) is 0 Å². The Balaban J connectivity index is 2.19. The van der Waals surface area contributed by atoms with Crippen LogP contribution in [0.15, 0.2) is 18.2 Å². The number of rotatable bonds is 3. The van der Waals surface area contributed by atoms with Gasteiger partial charge in [0, 0.05) is 11.6 Å². The average molecular weight is 273 g/mol. The minimum absolute atomic E-state index is 0.0166. The van der Waals surface area contributed by atoms with Crippen LogP contribution < -0.4 is 10.5 Å². The Bertz CT molecular complexity index is 542. The van der Waals surface area contributed by atoms with Gasteiger partial charge in [-0.3, -0.25) is 0 Å². The maximum absolute atomic E-state index is 13.1. The van der Waals surface area contributed by atoms with E-state index in [9.17, 15) is 12.8 Å². The summed E-state index contributed by atoms with van der Waals surface area (Å²) in [6.45, 7) is 1.73. The van der Waals surface area contributed by atoms with Crippen LogP contribution in [0.5, 0.6) is 5.75 Å². The fourth-order valence-corrected chi connectivity index (χ4v) is 3.61. The molecule has 0 saturated carbocycles. The molecule has 0 aliphatic carbocycles. The van der Waals surface area contributed by atoms with Crippen LogP contribution in [0.2, 0.25) is 0 Å². The van der Waals surface area contributed by atoms with Crippen molar-refractivity contribution in [1.82, 2.24) is 0 Å². The standard InChI is InChI=1S/C12H16FNO3S/c1-8(14)11-6-9(13)2-3-12(11)17-10-4-5-18(15,16)7-10/h2-3,6,8,10H,4-5,7,14H2,1H3. The molecule has 0 aromatic heterocycles. The monoisotopic (exact) mass is 273 g/mol. The van der Waals surface area contributed by atoms with Crippen LogP contribution in [-0.4, -0.2) is 26.0 Å². The molecule has 0 spiro atoms. The van der Waals surface area contributed by atoms with E-state index in [0.29, 0.717) is 17.7 Å². The van der Waals surface area contributed by atoms with Gasteiger partial charge in [0.15, 0.2) is 9.84 Å². The third kappa shape index (κ3) is 3.00. The molecule has 0 radical (unpaired) electrons. The Morgan fingerprint density at radius 1 is 1.50 bits per heavy atom. The lowest BCUT2D eigenvalue weighted by Crippen LogP contribution is -2.19. The summed E-state index contributed by atoms with van der Waals surface area (Å²) in [6.07, 6.45) is 0.107. The summed E-state index contributed by atoms with van der Waals surface area (Å²) < 4.78 is 41.4. The van der Waals surface area contributed by atoms with Crippen LogP contribution in [0.1, 0.15) is 24.9 Å². The summed E-state index contributed by atoms with van der Waals surface area (Å²) in [6, 6.07) is 3.74. The number of benzene rings is 1. The van der Waals surface area contributed by atoms with E-state index < -0.39 is 9.84 Å². The van der Waals surface area contributed by atoms with Crippen LogP contribution in [-0.2, 0) is 9.84 Å². The SMILES string of the molecule is CC(N)c1cc(F)ccc1OC1CCS(=O)(=O)C1. The van der Waals surface area contributed by atoms with Gasteiger partial charge in [-0.05, 0) is 31.5 Å². The summed E-state index contributed by atoms with van der Waals surface area (Å²) in [5.74, 6) is 0.247. The van der Waals surface area contributed by atoms with Crippen LogP contribution in [0.4, 0.5) is 4.39 Å². The Hall–Kier alpha value is -1.14. The molecule has 2 N–H and O–H groups in total. The normalized spacial score (nSPS) is 23.8. The number of nitrogens with two attached hydrogens (primary N) is 1. The minimum atomic E-state index is -2.99. The molecule has 6 heteroatoms. The smallest absolute Gasteiger partial charge is 0.154 e. The molecule has 1 heterocycles. The van der Waals surface area contributed by atoms with E-state index in [1.165, 1.54) is 18.2 Å². The van der Waals surface area contributed by atoms with Crippen molar-refractivity contribution in [1.29, 1.82) is 0 Å². The van der Waals surface area contributed by atoms with Crippen molar-refractivity contribution >= 4 is 9.84 Å². The van der Waals surface area contributed by atoms with E-state index in [1.54, 1.807) is 6.92 Å². The second-order valence-corrected chi connectivity index (χ2v) is 6.84. The summed E-state index contributed by atoms with van der Waals surface area (Å²) in [5, 5.41) is 0. The molecular formula is C12H16FNO3S. The molecule has 1 aromatic rings. The fraction of sp³-hybridized carbons (Fsp3) is 0.500. The highest BCUT2D eigenvalue weighted by molar-refractivity contribution is 7.91. The largest absolute Gasteiger partial charge is 0.489 e. The van der Waals surface area contributed by atoms with Crippen LogP contribution in [0, 0.1) is 5.82 Å². The summed E-state index contributed by atoms with van der Waals surface area (Å²) >= 11 is 0. The van der Waals surface area contributed by atoms with Gasteiger partial charge < -0.3 is 10.5 Å². The summed E-state index contributed by atoms with van der Waals surface area (Å²) in [4.78, 5) is 0. The van der Waals surface area contributed by atoms with Crippen molar-refractivity contribution < 1.29 is 17.5 Å². The quantitative estimate of drug-likeness (QED) is 0.904. The summed E-state index contributed by atoms with van der Waals surface area (Å²) in [7, 11) is -2.99. The number of sulfone groups is 1. The Morgan fingerprint density at radius 3 is 2.78 bits per heavy atom. The topological polar surface area (TPSA) is 69.4 Å². The highest BCUT2D eigenvalue weighted by Crippen LogP contribution is 2.27. The average Bonchev–Trinajstić information content (AvgIpc) is 2.60. The molecule has 1 fully saturated rings. The molecular weight excluding hydrogens is 257 g/mol. The first kappa shape index (κ1) is 13.3. The molecule has 0 bridgehead atoms. The van der Waals surface area contributed by atoms with Gasteiger partial charge in [0.2, 0.25) is 0 Å². The van der Waals surface area contributed by atoms with Crippen LogP contribution in [0.25, 0.3) is 0 Å². The summed E-state index contributed by atoms with van der Waals surface area (Å²) in [5.41, 5.74) is 6.30. The van der Waals surface area contributed by atoms with Crippen molar-refractivity contribution in [2.24, 2.45) is 5.73 Å². The van der Waals surface area contributed by atoms with Crippen molar-refractivity contribution in [2.45, 2.75) is 25.5 Å². The molecule has 1 aliphatic heterocycles. The van der Waals surface area contributed by atoms with Gasteiger partial charge in [-0.15, -0.1) is 0 Å². The van der Waals surface area contributed by atoms with E-state index in [0.717, 1.165) is 0 Å². The molecule has 2 rings (SSSR count). The van der Waals surface area contributed by atoms with E-state index in [2.05, 4.69) is 0 Å². The lowest BCUT2D eigenvalue weighted by molar-refractivity contribution is 0.225. The molecule has 18 heavy (non-hydrogen) atoms. The van der Waals surface area contributed by atoms with Gasteiger partial charge in [0.05, 0.1) is 11.5 Å². The zero-order valence-corrected chi connectivity index (χ0v) is 10.9. The Labute approximate surface area is 106 Å². The first-order valence-electron chi connectivity index (χ1n) is 5.79. The van der Waals surface area contributed by atoms with E-state index in [1.807, 2.05) is 0 Å². The van der Waals surface area contributed by atoms with Crippen molar-refractivity contribution in [3.8, 4) is 5.75 Å². The van der Waals surface area contributed by atoms with Gasteiger partial charge in [-0.25, -0.2) is 12.8 Å². The van der Waals surface area contributed by atoms with Crippen LogP contribution in [0.3, 0.4) is 0 Å². The van der Waals surface area contributed by atoms with Crippen molar-refractivity contribution in [2.75, 3.05) is 11.5 Å². The fourth-order valence-electron chi connectivity index (χ4n) is 2.02. The molecule has 0 amide bonds. The molecule has 4 nitrogen and oxygen atoms in total. The Morgan fingerprint density at radius 2 is 2.22 bits per heavy atom. The van der Waals surface area contributed by atoms with Gasteiger partial charge in [0.25, 0.3) is 0 Å². The lowest BCUT2D eigenvalue weighted by Gasteiger charge is -2.17. The molecule has 1 saturated heterocycles. The predicted octanol–water partition coefficient (Wildman–Crippen LogP) is 1.41. The molecule has 1 aromatic carbocycles. The molecule has 100 valence electrons. The zero-order chi connectivity index (χ0) is 13.3. The second-order valence-electron chi connectivity index (χ2n) is 4.61. The Kier molecular flexibility index (Phi) is 3.59. The number of halogens is 1. The van der Waals surface area contributed by atoms with Crippen LogP contribution >= 0.6 is 0 Å². The minimum Gasteiger partial charge on any atom is -0.489 e. The molecule has 1 aliphatic rings. The van der Waals surface area contributed by atoms with Crippen molar-refractivity contribution in [3.63, 3.8) is 0 Å². The highest BCUT2D eigenvalue weighted by Gasteiger charge is 2.30. The van der Waals surface area contributed by atoms with Gasteiger partial charge in [-0.2, -0.15) is 0 Å². The third-order valence-electron chi connectivity index (χ3n) is 2.95. The number of hydrogen-bond donors (Lipinski definition) is 1. The maximum atomic E-state index is 13.1. The van der Waals surface area contributed by atoms with E-state index in [4.69, 9.17) is 10.5 Å². The predicted molar refractivity (Wildman–Crippen MR) is 66.7 cm³/mol. The van der Waals surface area contributed by atoms with E-state index >= 15 is 0 Å².